The molecule has 6 nitrogen and oxygen atoms in total. The second-order valence-electron chi connectivity index (χ2n) is 3.62. The lowest BCUT2D eigenvalue weighted by molar-refractivity contribution is 0.557. The number of imidazole rings is 1. The Labute approximate surface area is 103 Å². The molecule has 0 bridgehead atoms. The number of H-pyrrole nitrogens is 1. The predicted molar refractivity (Wildman–Crippen MR) is 67.9 cm³/mol. The summed E-state index contributed by atoms with van der Waals surface area (Å²) in [6.07, 6.45) is 8.60. The van der Waals surface area contributed by atoms with Gasteiger partial charge in [0.2, 0.25) is 0 Å². The van der Waals surface area contributed by atoms with Crippen molar-refractivity contribution in [2.45, 2.75) is 0 Å². The molecule has 18 heavy (non-hydrogen) atoms. The smallest absolute Gasteiger partial charge is 0.182 e. The van der Waals surface area contributed by atoms with Crippen LogP contribution in [0.1, 0.15) is 5.76 Å². The summed E-state index contributed by atoms with van der Waals surface area (Å²) in [7, 11) is 0. The fraction of sp³-hybridized carbons (Fsp3) is 0.0833. The van der Waals surface area contributed by atoms with Crippen molar-refractivity contribution in [1.82, 2.24) is 19.9 Å². The zero-order valence-electron chi connectivity index (χ0n) is 9.50. The van der Waals surface area contributed by atoms with Crippen LogP contribution in [0, 0.1) is 0 Å². The van der Waals surface area contributed by atoms with Gasteiger partial charge in [-0.25, -0.2) is 15.0 Å². The van der Waals surface area contributed by atoms with Gasteiger partial charge in [0.1, 0.15) is 17.6 Å². The molecule has 6 heteroatoms. The topological polar surface area (TPSA) is 79.6 Å². The normalized spacial score (nSPS) is 11.3. The zero-order chi connectivity index (χ0) is 12.2. The maximum Gasteiger partial charge on any atom is 0.182 e. The Hall–Kier alpha value is -2.63. The molecule has 3 aromatic heterocycles. The number of hydrogen-bond acceptors (Lipinski definition) is 5. The summed E-state index contributed by atoms with van der Waals surface area (Å²) in [4.78, 5) is 15.3. The SMILES string of the molecule is C(=Cc1ccco1)CNc1ncnc2nc[nH]c12. The molecule has 3 aromatic rings. The highest BCUT2D eigenvalue weighted by molar-refractivity contribution is 5.81. The first-order chi connectivity index (χ1) is 8.93. The molecule has 2 N–H and O–H groups in total. The van der Waals surface area contributed by atoms with E-state index in [4.69, 9.17) is 4.42 Å². The minimum absolute atomic E-state index is 0.645. The number of rotatable bonds is 4. The van der Waals surface area contributed by atoms with E-state index in [1.54, 1.807) is 12.6 Å². The van der Waals surface area contributed by atoms with Gasteiger partial charge in [0, 0.05) is 6.54 Å². The summed E-state index contributed by atoms with van der Waals surface area (Å²) in [6, 6.07) is 3.75. The standard InChI is InChI=1S/C12H11N5O/c1(3-9-4-2-6-18-9)5-13-11-10-12(15-7-14-10)17-8-16-11/h1-4,6-8H,5H2,(H2,13,14,15,16,17). The number of anilines is 1. The van der Waals surface area contributed by atoms with E-state index in [0.29, 0.717) is 12.2 Å². The molecule has 0 aliphatic heterocycles. The van der Waals surface area contributed by atoms with Crippen molar-refractivity contribution in [1.29, 1.82) is 0 Å². The van der Waals surface area contributed by atoms with Crippen LogP contribution >= 0.6 is 0 Å². The van der Waals surface area contributed by atoms with E-state index >= 15 is 0 Å². The average Bonchev–Trinajstić information content (AvgIpc) is 3.05. The van der Waals surface area contributed by atoms with Crippen molar-refractivity contribution in [3.8, 4) is 0 Å². The minimum atomic E-state index is 0.645. The number of hydrogen-bond donors (Lipinski definition) is 2. The highest BCUT2D eigenvalue weighted by Gasteiger charge is 2.03. The molecule has 3 heterocycles. The maximum atomic E-state index is 5.19. The van der Waals surface area contributed by atoms with Crippen LogP contribution in [0.2, 0.25) is 0 Å². The van der Waals surface area contributed by atoms with Gasteiger partial charge in [-0.15, -0.1) is 0 Å². The summed E-state index contributed by atoms with van der Waals surface area (Å²) in [5.74, 6) is 1.56. The van der Waals surface area contributed by atoms with Crippen LogP contribution < -0.4 is 5.32 Å². The van der Waals surface area contributed by atoms with Crippen LogP contribution in [-0.2, 0) is 0 Å². The van der Waals surface area contributed by atoms with Crippen molar-refractivity contribution < 1.29 is 4.42 Å². The minimum Gasteiger partial charge on any atom is -0.465 e. The highest BCUT2D eigenvalue weighted by atomic mass is 16.3. The lowest BCUT2D eigenvalue weighted by Gasteiger charge is -2.01. The van der Waals surface area contributed by atoms with Crippen LogP contribution in [-0.4, -0.2) is 26.5 Å². The van der Waals surface area contributed by atoms with Crippen LogP contribution in [0.5, 0.6) is 0 Å². The van der Waals surface area contributed by atoms with Gasteiger partial charge < -0.3 is 14.7 Å². The average molecular weight is 241 g/mol. The van der Waals surface area contributed by atoms with Gasteiger partial charge in [0.15, 0.2) is 11.5 Å². The van der Waals surface area contributed by atoms with Gasteiger partial charge in [-0.05, 0) is 18.2 Å². The molecular formula is C12H11N5O. The van der Waals surface area contributed by atoms with Gasteiger partial charge in [-0.1, -0.05) is 6.08 Å². The Bertz CT molecular complexity index is 656. The summed E-state index contributed by atoms with van der Waals surface area (Å²) in [5.41, 5.74) is 1.46. The number of aromatic nitrogens is 4. The monoisotopic (exact) mass is 241 g/mol. The lowest BCUT2D eigenvalue weighted by atomic mass is 10.4. The van der Waals surface area contributed by atoms with E-state index in [9.17, 15) is 0 Å². The van der Waals surface area contributed by atoms with Gasteiger partial charge in [-0.3, -0.25) is 0 Å². The number of aromatic amines is 1. The molecule has 3 rings (SSSR count). The molecular weight excluding hydrogens is 230 g/mol. The van der Waals surface area contributed by atoms with E-state index in [1.807, 2.05) is 24.3 Å². The van der Waals surface area contributed by atoms with E-state index < -0.39 is 0 Å². The molecule has 90 valence electrons. The number of furan rings is 1. The number of nitrogens with one attached hydrogen (secondary N) is 2. The van der Waals surface area contributed by atoms with Crippen LogP contribution in [0.25, 0.3) is 17.2 Å². The Kier molecular flexibility index (Phi) is 2.75. The Balaban J connectivity index is 1.68. The van der Waals surface area contributed by atoms with E-state index in [0.717, 1.165) is 17.1 Å². The van der Waals surface area contributed by atoms with Crippen molar-refractivity contribution in [3.05, 3.63) is 42.9 Å². The molecule has 0 saturated heterocycles. The Morgan fingerprint density at radius 1 is 1.33 bits per heavy atom. The third-order valence-electron chi connectivity index (χ3n) is 2.44. The first-order valence-electron chi connectivity index (χ1n) is 5.51. The fourth-order valence-corrected chi connectivity index (χ4v) is 1.62. The maximum absolute atomic E-state index is 5.19. The largest absolute Gasteiger partial charge is 0.465 e. The van der Waals surface area contributed by atoms with Crippen molar-refractivity contribution in [2.75, 3.05) is 11.9 Å². The summed E-state index contributed by atoms with van der Waals surface area (Å²) >= 11 is 0. The van der Waals surface area contributed by atoms with Crippen molar-refractivity contribution >= 4 is 23.1 Å². The van der Waals surface area contributed by atoms with E-state index in [-0.39, 0.29) is 0 Å². The number of fused-ring (bicyclic) bond motifs is 1. The van der Waals surface area contributed by atoms with Gasteiger partial charge in [0.25, 0.3) is 0 Å². The third-order valence-corrected chi connectivity index (χ3v) is 2.44. The molecule has 0 aromatic carbocycles. The third kappa shape index (κ3) is 2.08. The number of nitrogens with zero attached hydrogens (tertiary/aromatic N) is 3. The second-order valence-corrected chi connectivity index (χ2v) is 3.62. The molecule has 0 amide bonds. The molecule has 0 radical (unpaired) electrons. The van der Waals surface area contributed by atoms with Crippen molar-refractivity contribution in [3.63, 3.8) is 0 Å². The van der Waals surface area contributed by atoms with Crippen molar-refractivity contribution in [2.24, 2.45) is 0 Å². The Morgan fingerprint density at radius 2 is 2.33 bits per heavy atom. The van der Waals surface area contributed by atoms with Crippen LogP contribution in [0.3, 0.4) is 0 Å². The van der Waals surface area contributed by atoms with Crippen LogP contribution in [0.15, 0.2) is 41.5 Å². The molecule has 0 aliphatic rings. The quantitative estimate of drug-likeness (QED) is 0.731. The summed E-state index contributed by atoms with van der Waals surface area (Å²) in [6.45, 7) is 0.645. The molecule has 0 spiro atoms. The summed E-state index contributed by atoms with van der Waals surface area (Å²) in [5, 5.41) is 3.19. The molecule has 0 atom stereocenters. The zero-order valence-corrected chi connectivity index (χ0v) is 9.50. The van der Waals surface area contributed by atoms with Crippen LogP contribution in [0.4, 0.5) is 5.82 Å². The van der Waals surface area contributed by atoms with Gasteiger partial charge in [0.05, 0.1) is 12.6 Å². The van der Waals surface area contributed by atoms with Gasteiger partial charge >= 0.3 is 0 Å². The second kappa shape index (κ2) is 4.70. The summed E-state index contributed by atoms with van der Waals surface area (Å²) < 4.78 is 5.19. The first kappa shape index (κ1) is 10.5. The lowest BCUT2D eigenvalue weighted by Crippen LogP contribution is -2.01. The molecule has 0 unspecified atom stereocenters. The first-order valence-corrected chi connectivity index (χ1v) is 5.51. The Morgan fingerprint density at radius 3 is 3.22 bits per heavy atom. The molecule has 0 fully saturated rings. The molecule has 0 aliphatic carbocycles. The highest BCUT2D eigenvalue weighted by Crippen LogP contribution is 2.13. The van der Waals surface area contributed by atoms with E-state index in [2.05, 4.69) is 25.3 Å². The van der Waals surface area contributed by atoms with E-state index in [1.165, 1.54) is 6.33 Å². The molecule has 0 saturated carbocycles. The van der Waals surface area contributed by atoms with Gasteiger partial charge in [-0.2, -0.15) is 0 Å². The predicted octanol–water partition coefficient (Wildman–Crippen LogP) is 2.07. The fourth-order valence-electron chi connectivity index (χ4n) is 1.62.